The van der Waals surface area contributed by atoms with Crippen LogP contribution in [0.5, 0.6) is 0 Å². The second-order valence-electron chi connectivity index (χ2n) is 7.46. The molecule has 8 heteroatoms. The lowest BCUT2D eigenvalue weighted by Gasteiger charge is -2.37. The summed E-state index contributed by atoms with van der Waals surface area (Å²) in [7, 11) is 1.44. The van der Waals surface area contributed by atoms with Crippen LogP contribution in [0.1, 0.15) is 40.7 Å². The molecule has 4 nitrogen and oxygen atoms in total. The van der Waals surface area contributed by atoms with Crippen molar-refractivity contribution < 1.29 is 32.2 Å². The summed E-state index contributed by atoms with van der Waals surface area (Å²) in [6.45, 7) is 0.929. The van der Waals surface area contributed by atoms with Crippen LogP contribution in [0, 0.1) is 5.82 Å². The summed E-state index contributed by atoms with van der Waals surface area (Å²) in [5, 5.41) is 10.6. The summed E-state index contributed by atoms with van der Waals surface area (Å²) in [5.41, 5.74) is -1.07. The van der Waals surface area contributed by atoms with Crippen LogP contribution in [0.3, 0.4) is 0 Å². The molecule has 0 radical (unpaired) electrons. The number of nitrogens with zero attached hydrogens (tertiary/aromatic N) is 1. The molecule has 3 rings (SSSR count). The quantitative estimate of drug-likeness (QED) is 0.565. The Labute approximate surface area is 165 Å². The van der Waals surface area contributed by atoms with Gasteiger partial charge in [-0.05, 0) is 48.2 Å². The molecule has 0 saturated heterocycles. The van der Waals surface area contributed by atoms with Gasteiger partial charge in [0.1, 0.15) is 12.4 Å². The van der Waals surface area contributed by atoms with Crippen LogP contribution >= 0.6 is 0 Å². The molecule has 0 spiro atoms. The van der Waals surface area contributed by atoms with Gasteiger partial charge in [-0.15, -0.1) is 0 Å². The topological polar surface area (TPSA) is 49.8 Å². The number of carbonyl (C=O) groups is 1. The van der Waals surface area contributed by atoms with Gasteiger partial charge in [0.25, 0.3) is 0 Å². The average Bonchev–Trinajstić information content (AvgIpc) is 3.01. The van der Waals surface area contributed by atoms with E-state index in [0.29, 0.717) is 22.4 Å². The van der Waals surface area contributed by atoms with Crippen molar-refractivity contribution in [3.63, 3.8) is 0 Å². The maximum absolute atomic E-state index is 13.8. The number of hydrogen-bond donors (Lipinski definition) is 1. The zero-order valence-electron chi connectivity index (χ0n) is 16.0. The summed E-state index contributed by atoms with van der Waals surface area (Å²) in [6, 6.07) is 9.80. The second-order valence-corrected chi connectivity index (χ2v) is 7.46. The number of likely N-dealkylation sites (N-methyl/N-ethyl adjacent to an activating group) is 1. The normalized spacial score (nSPS) is 16.7. The van der Waals surface area contributed by atoms with E-state index in [2.05, 4.69) is 0 Å². The van der Waals surface area contributed by atoms with Gasteiger partial charge in [0.15, 0.2) is 5.60 Å². The van der Waals surface area contributed by atoms with Crippen LogP contribution in [-0.2, 0) is 11.3 Å². The van der Waals surface area contributed by atoms with Gasteiger partial charge in [-0.25, -0.2) is 9.18 Å². The second kappa shape index (κ2) is 7.67. The molecule has 2 unspecified atom stereocenters. The third-order valence-electron chi connectivity index (χ3n) is 5.22. The highest BCUT2D eigenvalue weighted by Gasteiger charge is 2.54. The third kappa shape index (κ3) is 4.37. The van der Waals surface area contributed by atoms with E-state index >= 15 is 0 Å². The Balaban J connectivity index is 1.81. The smallest absolute Gasteiger partial charge is 0.418 e. The molecular weight excluding hydrogens is 390 g/mol. The Morgan fingerprint density at radius 2 is 1.83 bits per heavy atom. The van der Waals surface area contributed by atoms with E-state index in [1.54, 1.807) is 13.0 Å². The largest absolute Gasteiger partial charge is 0.457 e. The predicted octanol–water partition coefficient (Wildman–Crippen LogP) is 4.42. The fraction of sp³-hybridized carbons (Fsp3) is 0.381. The summed E-state index contributed by atoms with van der Waals surface area (Å²) in [4.78, 5) is 12.8. The van der Waals surface area contributed by atoms with E-state index in [0.717, 1.165) is 0 Å². The van der Waals surface area contributed by atoms with Crippen molar-refractivity contribution in [2.75, 3.05) is 18.5 Å². The Morgan fingerprint density at radius 3 is 2.45 bits per heavy atom. The molecule has 1 aliphatic rings. The molecule has 1 aliphatic heterocycles. The van der Waals surface area contributed by atoms with Gasteiger partial charge in [0, 0.05) is 18.3 Å². The van der Waals surface area contributed by atoms with Crippen molar-refractivity contribution >= 4 is 11.7 Å². The first-order valence-electron chi connectivity index (χ1n) is 9.06. The minimum Gasteiger partial charge on any atom is -0.457 e. The van der Waals surface area contributed by atoms with Crippen LogP contribution < -0.4 is 4.90 Å². The minimum absolute atomic E-state index is 0.0704. The first-order valence-corrected chi connectivity index (χ1v) is 9.06. The molecule has 0 bridgehead atoms. The maximum Gasteiger partial charge on any atom is 0.418 e. The van der Waals surface area contributed by atoms with Gasteiger partial charge >= 0.3 is 12.1 Å². The molecule has 0 amide bonds. The fourth-order valence-corrected chi connectivity index (χ4v) is 3.53. The van der Waals surface area contributed by atoms with Gasteiger partial charge in [-0.1, -0.05) is 19.1 Å². The Hall–Kier alpha value is -2.61. The molecule has 1 N–H and O–H groups in total. The third-order valence-corrected chi connectivity index (χ3v) is 5.22. The SMILES string of the molecule is CC(CC(O)(CN(C)c1ccc2c(c1)COC2=O)C(F)(F)F)c1ccc(F)cc1. The number of ether oxygens (including phenoxy) is 1. The van der Waals surface area contributed by atoms with Crippen molar-refractivity contribution in [3.8, 4) is 0 Å². The van der Waals surface area contributed by atoms with Crippen molar-refractivity contribution in [1.82, 2.24) is 0 Å². The monoisotopic (exact) mass is 411 g/mol. The van der Waals surface area contributed by atoms with Gasteiger partial charge in [0.2, 0.25) is 0 Å². The highest BCUT2D eigenvalue weighted by Crippen LogP contribution is 2.39. The molecule has 2 aromatic carbocycles. The zero-order chi connectivity index (χ0) is 21.4. The van der Waals surface area contributed by atoms with Gasteiger partial charge in [-0.3, -0.25) is 0 Å². The number of carbonyl (C=O) groups excluding carboxylic acids is 1. The molecule has 0 aliphatic carbocycles. The summed E-state index contributed by atoms with van der Waals surface area (Å²) >= 11 is 0. The highest BCUT2D eigenvalue weighted by molar-refractivity contribution is 5.93. The number of benzene rings is 2. The zero-order valence-corrected chi connectivity index (χ0v) is 16.0. The van der Waals surface area contributed by atoms with Crippen LogP contribution in [0.25, 0.3) is 0 Å². The molecule has 2 aromatic rings. The van der Waals surface area contributed by atoms with Crippen LogP contribution in [0.2, 0.25) is 0 Å². The van der Waals surface area contributed by atoms with Crippen LogP contribution in [0.15, 0.2) is 42.5 Å². The number of cyclic esters (lactones) is 1. The number of halogens is 4. The lowest BCUT2D eigenvalue weighted by Crippen LogP contribution is -2.53. The van der Waals surface area contributed by atoms with E-state index in [4.69, 9.17) is 4.74 Å². The highest BCUT2D eigenvalue weighted by atomic mass is 19.4. The number of hydrogen-bond acceptors (Lipinski definition) is 4. The molecule has 156 valence electrons. The number of anilines is 1. The van der Waals surface area contributed by atoms with Gasteiger partial charge < -0.3 is 14.7 Å². The van der Waals surface area contributed by atoms with E-state index in [-0.39, 0.29) is 6.61 Å². The van der Waals surface area contributed by atoms with E-state index < -0.39 is 42.4 Å². The first kappa shape index (κ1) is 21.1. The number of aliphatic hydroxyl groups is 1. The van der Waals surface area contributed by atoms with E-state index in [9.17, 15) is 27.5 Å². The number of alkyl halides is 3. The Bertz CT molecular complexity index is 898. The van der Waals surface area contributed by atoms with Crippen molar-refractivity contribution in [2.24, 2.45) is 0 Å². The van der Waals surface area contributed by atoms with Crippen LogP contribution in [0.4, 0.5) is 23.2 Å². The molecule has 0 fully saturated rings. The molecule has 29 heavy (non-hydrogen) atoms. The number of fused-ring (bicyclic) bond motifs is 1. The molecule has 0 aromatic heterocycles. The van der Waals surface area contributed by atoms with E-state index in [1.807, 2.05) is 0 Å². The molecule has 1 heterocycles. The average molecular weight is 411 g/mol. The lowest BCUT2D eigenvalue weighted by molar-refractivity contribution is -0.259. The summed E-state index contributed by atoms with van der Waals surface area (Å²) in [5.74, 6) is -1.60. The molecule has 2 atom stereocenters. The predicted molar refractivity (Wildman–Crippen MR) is 99.3 cm³/mol. The van der Waals surface area contributed by atoms with Crippen LogP contribution in [-0.4, -0.2) is 36.4 Å². The van der Waals surface area contributed by atoms with Crippen molar-refractivity contribution in [2.45, 2.75) is 37.6 Å². The van der Waals surface area contributed by atoms with Gasteiger partial charge in [0.05, 0.1) is 12.1 Å². The fourth-order valence-electron chi connectivity index (χ4n) is 3.53. The Morgan fingerprint density at radius 1 is 1.17 bits per heavy atom. The Kier molecular flexibility index (Phi) is 5.58. The van der Waals surface area contributed by atoms with Crippen molar-refractivity contribution in [3.05, 3.63) is 65.0 Å². The first-order chi connectivity index (χ1) is 13.5. The standard InChI is InChI=1S/C21H21F4NO3/c1-13(14-3-5-16(22)6-4-14)10-20(28,21(23,24)25)12-26(2)17-7-8-18-15(9-17)11-29-19(18)27/h3-9,13,28H,10-12H2,1-2H3. The maximum atomic E-state index is 13.8. The molecular formula is C21H21F4NO3. The number of esters is 1. The lowest BCUT2D eigenvalue weighted by atomic mass is 9.86. The number of rotatable bonds is 6. The van der Waals surface area contributed by atoms with E-state index in [1.165, 1.54) is 48.3 Å². The molecule has 0 saturated carbocycles. The van der Waals surface area contributed by atoms with Gasteiger partial charge in [-0.2, -0.15) is 13.2 Å². The van der Waals surface area contributed by atoms with Crippen molar-refractivity contribution in [1.29, 1.82) is 0 Å². The minimum atomic E-state index is -4.87. The summed E-state index contributed by atoms with van der Waals surface area (Å²) in [6.07, 6.45) is -5.45. The summed E-state index contributed by atoms with van der Waals surface area (Å²) < 4.78 is 59.4.